The Morgan fingerprint density at radius 3 is 2.53 bits per heavy atom. The number of hydrogen-bond donors (Lipinski definition) is 0. The fourth-order valence-electron chi connectivity index (χ4n) is 3.18. The number of benzene rings is 1. The molecule has 2 aliphatic rings. The summed E-state index contributed by atoms with van der Waals surface area (Å²) in [4.78, 5) is 0. The van der Waals surface area contributed by atoms with Gasteiger partial charge in [0.1, 0.15) is 0 Å². The molecule has 1 aromatic rings. The molecule has 0 nitrogen and oxygen atoms in total. The van der Waals surface area contributed by atoms with Crippen LogP contribution in [0.5, 0.6) is 0 Å². The molecule has 0 fully saturated rings. The van der Waals surface area contributed by atoms with Crippen molar-refractivity contribution in [1.82, 2.24) is 0 Å². The molecule has 0 saturated carbocycles. The zero-order valence-electron chi connectivity index (χ0n) is 10.6. The molecular formula is C16H20Hf. The van der Waals surface area contributed by atoms with Crippen LogP contribution in [0.4, 0.5) is 0 Å². The number of aryl methyl sites for hydroxylation is 2. The Bertz CT molecular complexity index is 431. The summed E-state index contributed by atoms with van der Waals surface area (Å²) in [6.07, 6.45) is 12.7. The molecule has 1 heteroatoms. The van der Waals surface area contributed by atoms with Crippen LogP contribution in [0.2, 0.25) is 0 Å². The van der Waals surface area contributed by atoms with Crippen LogP contribution in [0.15, 0.2) is 18.2 Å². The van der Waals surface area contributed by atoms with Crippen molar-refractivity contribution in [3.63, 3.8) is 0 Å². The van der Waals surface area contributed by atoms with Crippen molar-refractivity contribution in [3.05, 3.63) is 40.5 Å². The molecule has 0 aliphatic heterocycles. The Balaban J connectivity index is 0.00000108. The standard InChI is InChI=1S/C16H20.Hf/c1-2-5-12-8-9-15-10-13-6-3-4-7-14(13)11-16(12)15;/h8-12H,2-7H2,1H3;. The Morgan fingerprint density at radius 1 is 1.12 bits per heavy atom. The average molecular weight is 391 g/mol. The van der Waals surface area contributed by atoms with Crippen molar-refractivity contribution >= 4 is 6.08 Å². The summed E-state index contributed by atoms with van der Waals surface area (Å²) in [5, 5.41) is 0. The largest absolute Gasteiger partial charge is 0.0764 e. The predicted molar refractivity (Wildman–Crippen MR) is 69.8 cm³/mol. The van der Waals surface area contributed by atoms with Crippen LogP contribution < -0.4 is 0 Å². The second-order valence-corrected chi connectivity index (χ2v) is 5.21. The third-order valence-corrected chi connectivity index (χ3v) is 4.05. The van der Waals surface area contributed by atoms with Gasteiger partial charge in [-0.2, -0.15) is 0 Å². The van der Waals surface area contributed by atoms with E-state index in [1.54, 1.807) is 16.7 Å². The maximum atomic E-state index is 2.50. The second kappa shape index (κ2) is 5.65. The maximum Gasteiger partial charge on any atom is 0.00272 e. The van der Waals surface area contributed by atoms with E-state index in [2.05, 4.69) is 31.2 Å². The number of hydrogen-bond acceptors (Lipinski definition) is 0. The fourth-order valence-corrected chi connectivity index (χ4v) is 3.18. The van der Waals surface area contributed by atoms with E-state index >= 15 is 0 Å². The molecule has 1 unspecified atom stereocenters. The van der Waals surface area contributed by atoms with Gasteiger partial charge in [-0.15, -0.1) is 0 Å². The van der Waals surface area contributed by atoms with Crippen molar-refractivity contribution in [2.75, 3.05) is 0 Å². The predicted octanol–water partition coefficient (Wildman–Crippen LogP) is 4.47. The number of fused-ring (bicyclic) bond motifs is 2. The fraction of sp³-hybridized carbons (Fsp3) is 0.500. The van der Waals surface area contributed by atoms with Gasteiger partial charge in [-0.05, 0) is 54.4 Å². The molecule has 0 N–H and O–H groups in total. The minimum absolute atomic E-state index is 0. The van der Waals surface area contributed by atoms with Crippen molar-refractivity contribution in [1.29, 1.82) is 0 Å². The number of rotatable bonds is 2. The summed E-state index contributed by atoms with van der Waals surface area (Å²) in [6.45, 7) is 2.28. The second-order valence-electron chi connectivity index (χ2n) is 5.21. The van der Waals surface area contributed by atoms with Crippen LogP contribution in [0.1, 0.15) is 60.8 Å². The molecular weight excluding hydrogens is 371 g/mol. The first kappa shape index (κ1) is 13.3. The van der Waals surface area contributed by atoms with Gasteiger partial charge in [0.2, 0.25) is 0 Å². The molecule has 0 bridgehead atoms. The van der Waals surface area contributed by atoms with Gasteiger partial charge in [-0.3, -0.25) is 0 Å². The van der Waals surface area contributed by atoms with Crippen LogP contribution in [-0.4, -0.2) is 0 Å². The summed E-state index contributed by atoms with van der Waals surface area (Å²) in [7, 11) is 0. The summed E-state index contributed by atoms with van der Waals surface area (Å²) < 4.78 is 0. The molecule has 0 radical (unpaired) electrons. The van der Waals surface area contributed by atoms with Gasteiger partial charge in [0.15, 0.2) is 0 Å². The molecule has 1 atom stereocenters. The molecule has 2 aliphatic carbocycles. The normalized spacial score (nSPS) is 20.6. The zero-order valence-corrected chi connectivity index (χ0v) is 14.2. The zero-order chi connectivity index (χ0) is 11.0. The third-order valence-electron chi connectivity index (χ3n) is 4.05. The van der Waals surface area contributed by atoms with Gasteiger partial charge >= 0.3 is 0 Å². The smallest absolute Gasteiger partial charge is 0.00272 e. The Kier molecular flexibility index (Phi) is 4.41. The summed E-state index contributed by atoms with van der Waals surface area (Å²) in [5.41, 5.74) is 6.35. The molecule has 17 heavy (non-hydrogen) atoms. The molecule has 0 spiro atoms. The maximum absolute atomic E-state index is 2.50. The Labute approximate surface area is 123 Å². The summed E-state index contributed by atoms with van der Waals surface area (Å²) >= 11 is 0. The van der Waals surface area contributed by atoms with Crippen molar-refractivity contribution in [3.8, 4) is 0 Å². The summed E-state index contributed by atoms with van der Waals surface area (Å²) in [6, 6.07) is 4.96. The van der Waals surface area contributed by atoms with Crippen molar-refractivity contribution < 1.29 is 25.8 Å². The minimum atomic E-state index is 0. The van der Waals surface area contributed by atoms with Crippen LogP contribution in [0, 0.1) is 0 Å². The van der Waals surface area contributed by atoms with Gasteiger partial charge in [0.05, 0.1) is 0 Å². The van der Waals surface area contributed by atoms with E-state index in [0.29, 0.717) is 5.92 Å². The topological polar surface area (TPSA) is 0 Å². The van der Waals surface area contributed by atoms with Crippen molar-refractivity contribution in [2.24, 2.45) is 0 Å². The van der Waals surface area contributed by atoms with Crippen LogP contribution in [0.25, 0.3) is 6.08 Å². The monoisotopic (exact) mass is 392 g/mol. The van der Waals surface area contributed by atoms with Gasteiger partial charge in [-0.1, -0.05) is 37.6 Å². The van der Waals surface area contributed by atoms with Crippen molar-refractivity contribution in [2.45, 2.75) is 51.4 Å². The first-order chi connectivity index (χ1) is 7.88. The third kappa shape index (κ3) is 2.50. The van der Waals surface area contributed by atoms with E-state index in [9.17, 15) is 0 Å². The first-order valence-corrected chi connectivity index (χ1v) is 6.72. The summed E-state index contributed by atoms with van der Waals surface area (Å²) in [5.74, 6) is 0.701. The van der Waals surface area contributed by atoms with Crippen LogP contribution in [0.3, 0.4) is 0 Å². The molecule has 0 heterocycles. The van der Waals surface area contributed by atoms with Crippen LogP contribution in [-0.2, 0) is 38.7 Å². The quantitative estimate of drug-likeness (QED) is 0.653. The van der Waals surface area contributed by atoms with E-state index in [1.807, 2.05) is 0 Å². The van der Waals surface area contributed by atoms with E-state index in [0.717, 1.165) is 0 Å². The molecule has 88 valence electrons. The van der Waals surface area contributed by atoms with E-state index < -0.39 is 0 Å². The van der Waals surface area contributed by atoms with Gasteiger partial charge in [0.25, 0.3) is 0 Å². The molecule has 3 rings (SSSR count). The molecule has 0 amide bonds. The van der Waals surface area contributed by atoms with Gasteiger partial charge in [-0.25, -0.2) is 0 Å². The van der Waals surface area contributed by atoms with E-state index in [-0.39, 0.29) is 25.8 Å². The molecule has 0 aromatic heterocycles. The first-order valence-electron chi connectivity index (χ1n) is 6.72. The Morgan fingerprint density at radius 2 is 1.82 bits per heavy atom. The van der Waals surface area contributed by atoms with E-state index in [1.165, 1.54) is 44.1 Å². The minimum Gasteiger partial charge on any atom is -0.0764 e. The van der Waals surface area contributed by atoms with Crippen LogP contribution >= 0.6 is 0 Å². The van der Waals surface area contributed by atoms with Gasteiger partial charge < -0.3 is 0 Å². The average Bonchev–Trinajstić information content (AvgIpc) is 2.70. The number of allylic oxidation sites excluding steroid dienone is 1. The Hall–Kier alpha value is -0.170. The van der Waals surface area contributed by atoms with Gasteiger partial charge in [0, 0.05) is 31.8 Å². The SMILES string of the molecule is CCCC1C=Cc2cc3c(cc21)CCCC3.[Hf]. The molecule has 1 aromatic carbocycles. The van der Waals surface area contributed by atoms with E-state index in [4.69, 9.17) is 0 Å². The molecule has 0 saturated heterocycles.